The van der Waals surface area contributed by atoms with Gasteiger partial charge in [0.1, 0.15) is 5.69 Å². The second-order valence-corrected chi connectivity index (χ2v) is 5.55. The first-order valence-electron chi connectivity index (χ1n) is 7.20. The molecule has 7 nitrogen and oxygen atoms in total. The van der Waals surface area contributed by atoms with Gasteiger partial charge in [0.25, 0.3) is 11.5 Å². The van der Waals surface area contributed by atoms with Crippen molar-refractivity contribution >= 4 is 5.91 Å². The van der Waals surface area contributed by atoms with Crippen molar-refractivity contribution in [3.8, 4) is 0 Å². The molecule has 0 unspecified atom stereocenters. The Morgan fingerprint density at radius 2 is 1.83 bits per heavy atom. The summed E-state index contributed by atoms with van der Waals surface area (Å²) in [4.78, 5) is 35.9. The average Bonchev–Trinajstić information content (AvgIpc) is 2.49. The van der Waals surface area contributed by atoms with Crippen LogP contribution in [0, 0.1) is 0 Å². The molecule has 0 saturated carbocycles. The molecular weight excluding hydrogens is 298 g/mol. The van der Waals surface area contributed by atoms with E-state index in [0.29, 0.717) is 0 Å². The third-order valence-electron chi connectivity index (χ3n) is 3.91. The summed E-state index contributed by atoms with van der Waals surface area (Å²) >= 11 is 0. The molecule has 2 N–H and O–H groups in total. The van der Waals surface area contributed by atoms with E-state index in [1.807, 2.05) is 0 Å². The average molecular weight is 321 g/mol. The first-order chi connectivity index (χ1) is 10.7. The molecule has 0 bridgehead atoms. The number of nitrogens with one attached hydrogen (secondary N) is 1. The Balaban J connectivity index is 3.13. The minimum Gasteiger partial charge on any atom is -0.387 e. The molecule has 0 aliphatic rings. The van der Waals surface area contributed by atoms with E-state index in [1.54, 1.807) is 19.1 Å². The number of amides is 1. The summed E-state index contributed by atoms with van der Waals surface area (Å²) < 4.78 is 2.00. The van der Waals surface area contributed by atoms with Gasteiger partial charge in [0.15, 0.2) is 0 Å². The monoisotopic (exact) mass is 321 g/mol. The molecule has 0 saturated heterocycles. The van der Waals surface area contributed by atoms with E-state index in [0.717, 1.165) is 15.2 Å². The van der Waals surface area contributed by atoms with Crippen LogP contribution in [0.1, 0.15) is 30.3 Å². The van der Waals surface area contributed by atoms with Crippen molar-refractivity contribution < 1.29 is 9.90 Å². The van der Waals surface area contributed by atoms with Crippen LogP contribution < -0.4 is 16.6 Å². The lowest BCUT2D eigenvalue weighted by Gasteiger charge is -2.33. The Labute approximate surface area is 134 Å². The first-order valence-corrected chi connectivity index (χ1v) is 7.20. The maximum absolute atomic E-state index is 12.4. The van der Waals surface area contributed by atoms with Crippen LogP contribution in [-0.2, 0) is 14.1 Å². The summed E-state index contributed by atoms with van der Waals surface area (Å²) in [6.07, 6.45) is 3.63. The highest BCUT2D eigenvalue weighted by Crippen LogP contribution is 2.21. The molecule has 0 radical (unpaired) electrons. The molecule has 0 fully saturated rings. The molecule has 0 spiro atoms. The fourth-order valence-electron chi connectivity index (χ4n) is 2.29. The predicted molar refractivity (Wildman–Crippen MR) is 88.4 cm³/mol. The number of hydrogen-bond donors (Lipinski definition) is 2. The largest absolute Gasteiger partial charge is 0.387 e. The van der Waals surface area contributed by atoms with Crippen LogP contribution in [0.25, 0.3) is 0 Å². The van der Waals surface area contributed by atoms with Gasteiger partial charge in [-0.05, 0) is 19.8 Å². The Kier molecular flexibility index (Phi) is 5.86. The molecule has 1 amide bonds. The standard InChI is InChI=1S/C16H23N3O4/c1-6-8-16(23,9-7-2)11(3)17-14(21)12-10-13(20)19(5)15(22)18(12)4/h6-7,10-11,23H,1-2,8-9H2,3-5H3,(H,17,21)/t11-/m0/s1. The summed E-state index contributed by atoms with van der Waals surface area (Å²) in [5.74, 6) is -0.610. The Hall–Kier alpha value is -2.41. The van der Waals surface area contributed by atoms with Crippen LogP contribution in [0.5, 0.6) is 0 Å². The van der Waals surface area contributed by atoms with Crippen LogP contribution in [0.15, 0.2) is 41.0 Å². The van der Waals surface area contributed by atoms with Gasteiger partial charge in [0.2, 0.25) is 0 Å². The van der Waals surface area contributed by atoms with E-state index in [4.69, 9.17) is 0 Å². The molecule has 1 heterocycles. The van der Waals surface area contributed by atoms with Crippen LogP contribution in [0.3, 0.4) is 0 Å². The lowest BCUT2D eigenvalue weighted by molar-refractivity contribution is 0.0126. The topological polar surface area (TPSA) is 93.3 Å². The molecule has 126 valence electrons. The van der Waals surface area contributed by atoms with Crippen LogP contribution >= 0.6 is 0 Å². The lowest BCUT2D eigenvalue weighted by Crippen LogP contribution is -2.51. The van der Waals surface area contributed by atoms with Crippen molar-refractivity contribution in [3.63, 3.8) is 0 Å². The van der Waals surface area contributed by atoms with Gasteiger partial charge in [-0.15, -0.1) is 13.2 Å². The SMILES string of the molecule is C=CCC(O)(CC=C)[C@H](C)NC(=O)c1cc(=O)n(C)c(=O)n1C. The molecule has 0 aliphatic heterocycles. The van der Waals surface area contributed by atoms with E-state index in [-0.39, 0.29) is 18.5 Å². The van der Waals surface area contributed by atoms with E-state index >= 15 is 0 Å². The molecule has 0 aromatic carbocycles. The van der Waals surface area contributed by atoms with Gasteiger partial charge < -0.3 is 10.4 Å². The smallest absolute Gasteiger partial charge is 0.331 e. The number of rotatable bonds is 7. The van der Waals surface area contributed by atoms with Gasteiger partial charge in [-0.3, -0.25) is 18.7 Å². The van der Waals surface area contributed by atoms with Gasteiger partial charge in [-0.25, -0.2) is 4.79 Å². The maximum Gasteiger partial charge on any atom is 0.331 e. The summed E-state index contributed by atoms with van der Waals surface area (Å²) in [5, 5.41) is 13.2. The van der Waals surface area contributed by atoms with Crippen molar-refractivity contribution in [2.24, 2.45) is 14.1 Å². The van der Waals surface area contributed by atoms with Crippen LogP contribution in [-0.4, -0.2) is 31.8 Å². The van der Waals surface area contributed by atoms with Crippen LogP contribution in [0.4, 0.5) is 0 Å². The zero-order valence-corrected chi connectivity index (χ0v) is 13.7. The molecule has 1 aromatic heterocycles. The Morgan fingerprint density at radius 3 is 2.30 bits per heavy atom. The second kappa shape index (κ2) is 7.23. The molecule has 1 atom stereocenters. The van der Waals surface area contributed by atoms with E-state index < -0.39 is 28.8 Å². The van der Waals surface area contributed by atoms with Gasteiger partial charge in [0, 0.05) is 20.2 Å². The summed E-state index contributed by atoms with van der Waals surface area (Å²) in [7, 11) is 2.74. The number of aromatic nitrogens is 2. The van der Waals surface area contributed by atoms with Gasteiger partial charge >= 0.3 is 5.69 Å². The van der Waals surface area contributed by atoms with Gasteiger partial charge in [-0.1, -0.05) is 12.2 Å². The molecule has 0 aliphatic carbocycles. The Bertz CT molecular complexity index is 720. The fourth-order valence-corrected chi connectivity index (χ4v) is 2.29. The van der Waals surface area contributed by atoms with Gasteiger partial charge in [0.05, 0.1) is 11.6 Å². The number of aliphatic hydroxyl groups is 1. The molecule has 7 heteroatoms. The van der Waals surface area contributed by atoms with Crippen molar-refractivity contribution in [1.29, 1.82) is 0 Å². The Morgan fingerprint density at radius 1 is 1.30 bits per heavy atom. The number of nitrogens with zero attached hydrogens (tertiary/aromatic N) is 2. The number of carbonyl (C=O) groups is 1. The summed E-state index contributed by atoms with van der Waals surface area (Å²) in [6, 6.07) is 0.453. The highest BCUT2D eigenvalue weighted by Gasteiger charge is 2.33. The van der Waals surface area contributed by atoms with Crippen LogP contribution in [0.2, 0.25) is 0 Å². The van der Waals surface area contributed by atoms with Crippen molar-refractivity contribution in [2.75, 3.05) is 0 Å². The highest BCUT2D eigenvalue weighted by molar-refractivity contribution is 5.92. The zero-order chi connectivity index (χ0) is 17.8. The number of carbonyl (C=O) groups excluding carboxylic acids is 1. The maximum atomic E-state index is 12.4. The van der Waals surface area contributed by atoms with E-state index in [1.165, 1.54) is 14.1 Å². The van der Waals surface area contributed by atoms with E-state index in [9.17, 15) is 19.5 Å². The second-order valence-electron chi connectivity index (χ2n) is 5.55. The molecule has 1 aromatic rings. The highest BCUT2D eigenvalue weighted by atomic mass is 16.3. The molecule has 23 heavy (non-hydrogen) atoms. The first kappa shape index (κ1) is 18.6. The van der Waals surface area contributed by atoms with Crippen molar-refractivity contribution in [2.45, 2.75) is 31.4 Å². The normalized spacial score (nSPS) is 12.5. The quantitative estimate of drug-likeness (QED) is 0.696. The molecular formula is C16H23N3O4. The van der Waals surface area contributed by atoms with Crippen molar-refractivity contribution in [1.82, 2.24) is 14.5 Å². The minimum absolute atomic E-state index is 0.0653. The molecule has 1 rings (SSSR count). The lowest BCUT2D eigenvalue weighted by atomic mass is 9.88. The van der Waals surface area contributed by atoms with E-state index in [2.05, 4.69) is 18.5 Å². The zero-order valence-electron chi connectivity index (χ0n) is 13.7. The number of hydrogen-bond acceptors (Lipinski definition) is 4. The third-order valence-corrected chi connectivity index (χ3v) is 3.91. The van der Waals surface area contributed by atoms with Crippen molar-refractivity contribution in [3.05, 3.63) is 57.9 Å². The minimum atomic E-state index is -1.24. The third kappa shape index (κ3) is 3.87. The van der Waals surface area contributed by atoms with Gasteiger partial charge in [-0.2, -0.15) is 0 Å². The fraction of sp³-hybridized carbons (Fsp3) is 0.438. The predicted octanol–water partition coefficient (Wildman–Crippen LogP) is 0.0856. The summed E-state index contributed by atoms with van der Waals surface area (Å²) in [5.41, 5.74) is -2.47. The summed E-state index contributed by atoms with van der Waals surface area (Å²) in [6.45, 7) is 8.84.